The molecule has 12 heteroatoms. The first kappa shape index (κ1) is 20.6. The highest BCUT2D eigenvalue weighted by atomic mass is 35.5. The molecule has 0 radical (unpaired) electrons. The van der Waals surface area contributed by atoms with Gasteiger partial charge in [-0.3, -0.25) is 10.1 Å². The molecule has 31 heavy (non-hydrogen) atoms. The topological polar surface area (TPSA) is 134 Å². The van der Waals surface area contributed by atoms with Gasteiger partial charge in [-0.15, -0.1) is 11.3 Å². The Morgan fingerprint density at radius 3 is 2.94 bits per heavy atom. The van der Waals surface area contributed by atoms with Gasteiger partial charge in [0.05, 0.1) is 16.0 Å². The van der Waals surface area contributed by atoms with Crippen molar-refractivity contribution in [2.75, 3.05) is 0 Å². The van der Waals surface area contributed by atoms with Crippen molar-refractivity contribution < 1.29 is 24.0 Å². The van der Waals surface area contributed by atoms with E-state index in [0.717, 1.165) is 15.8 Å². The highest BCUT2D eigenvalue weighted by molar-refractivity contribution is 7.13. The van der Waals surface area contributed by atoms with Gasteiger partial charge in [0.15, 0.2) is 5.75 Å². The third kappa shape index (κ3) is 4.13. The van der Waals surface area contributed by atoms with Crippen molar-refractivity contribution in [2.24, 2.45) is 0 Å². The number of ether oxygens (including phenoxy) is 1. The van der Waals surface area contributed by atoms with E-state index >= 15 is 0 Å². The summed E-state index contributed by atoms with van der Waals surface area (Å²) in [5, 5.41) is 27.4. The van der Waals surface area contributed by atoms with E-state index in [9.17, 15) is 20.0 Å². The summed E-state index contributed by atoms with van der Waals surface area (Å²) in [6.07, 6.45) is 1.06. The van der Waals surface area contributed by atoms with Crippen LogP contribution in [0, 0.1) is 17.0 Å². The highest BCUT2D eigenvalue weighted by Crippen LogP contribution is 2.29. The molecule has 4 rings (SSSR count). The number of nitro benzene ring substituents is 1. The molecule has 158 valence electrons. The van der Waals surface area contributed by atoms with Crippen LogP contribution in [0.15, 0.2) is 46.3 Å². The molecule has 0 spiro atoms. The Kier molecular flexibility index (Phi) is 5.44. The number of aryl methyl sites for hydroxylation is 1. The average molecular weight is 461 g/mol. The molecule has 0 bridgehead atoms. The zero-order valence-electron chi connectivity index (χ0n) is 15.8. The maximum atomic E-state index is 12.4. The van der Waals surface area contributed by atoms with Gasteiger partial charge in [-0.25, -0.2) is 14.5 Å². The largest absolute Gasteiger partial charge is 0.504 e. The number of aromatic nitrogens is 3. The van der Waals surface area contributed by atoms with Crippen LogP contribution in [0.2, 0.25) is 5.02 Å². The van der Waals surface area contributed by atoms with E-state index in [-0.39, 0.29) is 23.0 Å². The smallest absolute Gasteiger partial charge is 0.363 e. The van der Waals surface area contributed by atoms with Gasteiger partial charge in [0.2, 0.25) is 11.6 Å². The predicted molar refractivity (Wildman–Crippen MR) is 111 cm³/mol. The number of carbonyl (C=O) groups is 1. The number of thiophene rings is 1. The van der Waals surface area contributed by atoms with Gasteiger partial charge in [-0.05, 0) is 30.5 Å². The van der Waals surface area contributed by atoms with Crippen molar-refractivity contribution in [2.45, 2.75) is 13.5 Å². The molecule has 3 heterocycles. The number of carbonyl (C=O) groups excluding carboxylic acids is 1. The number of halogens is 1. The molecular weight excluding hydrogens is 448 g/mol. The summed E-state index contributed by atoms with van der Waals surface area (Å²) >= 11 is 7.38. The normalized spacial score (nSPS) is 10.9. The fourth-order valence-electron chi connectivity index (χ4n) is 2.74. The van der Waals surface area contributed by atoms with Crippen molar-refractivity contribution in [3.63, 3.8) is 0 Å². The molecule has 0 aliphatic carbocycles. The van der Waals surface area contributed by atoms with Crippen molar-refractivity contribution in [1.29, 1.82) is 0 Å². The zero-order valence-corrected chi connectivity index (χ0v) is 17.4. The Morgan fingerprint density at radius 2 is 2.23 bits per heavy atom. The summed E-state index contributed by atoms with van der Waals surface area (Å²) in [6.45, 7) is 1.49. The number of esters is 1. The number of oxazole rings is 1. The predicted octanol–water partition coefficient (Wildman–Crippen LogP) is 4.52. The summed E-state index contributed by atoms with van der Waals surface area (Å²) in [4.78, 5) is 28.2. The van der Waals surface area contributed by atoms with Crippen LogP contribution in [0.25, 0.3) is 16.5 Å². The van der Waals surface area contributed by atoms with E-state index in [1.807, 2.05) is 17.5 Å². The molecule has 0 atom stereocenters. The van der Waals surface area contributed by atoms with Crippen molar-refractivity contribution in [3.05, 3.63) is 74.2 Å². The summed E-state index contributed by atoms with van der Waals surface area (Å²) in [5.41, 5.74) is -0.305. The number of rotatable bonds is 6. The number of aromatic hydroxyl groups is 1. The van der Waals surface area contributed by atoms with Crippen LogP contribution in [0.3, 0.4) is 0 Å². The molecule has 10 nitrogen and oxygen atoms in total. The lowest BCUT2D eigenvalue weighted by Crippen LogP contribution is -2.08. The number of hydrogen-bond donors (Lipinski definition) is 1. The Hall–Kier alpha value is -3.70. The van der Waals surface area contributed by atoms with Crippen LogP contribution in [0.1, 0.15) is 21.9 Å². The van der Waals surface area contributed by atoms with Gasteiger partial charge < -0.3 is 14.3 Å². The fourth-order valence-corrected chi connectivity index (χ4v) is 3.55. The molecule has 3 aromatic heterocycles. The summed E-state index contributed by atoms with van der Waals surface area (Å²) in [5.74, 6) is -0.532. The molecule has 0 fully saturated rings. The molecule has 0 aliphatic heterocycles. The minimum absolute atomic E-state index is 0.0141. The van der Waals surface area contributed by atoms with Crippen LogP contribution < -0.4 is 0 Å². The Balaban J connectivity index is 1.54. The molecule has 4 aromatic rings. The SMILES string of the molecule is Cc1oc(-c2cccs2)nc1COC(=O)c1nn(-c2cc(Cl)ccc2[N+](=O)[O-])cc1O. The van der Waals surface area contributed by atoms with Gasteiger partial charge >= 0.3 is 5.97 Å². The molecule has 0 saturated carbocycles. The number of hydrogen-bond acceptors (Lipinski definition) is 9. The third-order valence-corrected chi connectivity index (χ3v) is 5.33. The van der Waals surface area contributed by atoms with Crippen LogP contribution in [0.5, 0.6) is 5.75 Å². The average Bonchev–Trinajstić information content (AvgIpc) is 3.46. The van der Waals surface area contributed by atoms with Gasteiger partial charge in [-0.2, -0.15) is 5.10 Å². The third-order valence-electron chi connectivity index (χ3n) is 4.23. The standard InChI is InChI=1S/C19H13ClN4O6S/c1-10-12(21-18(30-10)16-3-2-6-31-16)9-29-19(26)17-15(25)8-23(22-17)14-7-11(20)4-5-13(14)24(27)28/h2-8,25H,9H2,1H3. The molecule has 1 N–H and O–H groups in total. The lowest BCUT2D eigenvalue weighted by atomic mass is 10.2. The van der Waals surface area contributed by atoms with Crippen LogP contribution in [-0.4, -0.2) is 30.8 Å². The van der Waals surface area contributed by atoms with Crippen molar-refractivity contribution in [3.8, 4) is 22.2 Å². The van der Waals surface area contributed by atoms with E-state index in [1.54, 1.807) is 6.92 Å². The van der Waals surface area contributed by atoms with E-state index in [4.69, 9.17) is 20.8 Å². The minimum Gasteiger partial charge on any atom is -0.504 e. The summed E-state index contributed by atoms with van der Waals surface area (Å²) in [6, 6.07) is 7.57. The van der Waals surface area contributed by atoms with E-state index in [2.05, 4.69) is 10.1 Å². The first-order valence-corrected chi connectivity index (χ1v) is 9.99. The van der Waals surface area contributed by atoms with Gasteiger partial charge in [0.25, 0.3) is 5.69 Å². The summed E-state index contributed by atoms with van der Waals surface area (Å²) < 4.78 is 11.8. The lowest BCUT2D eigenvalue weighted by molar-refractivity contribution is -0.384. The number of benzene rings is 1. The van der Waals surface area contributed by atoms with Gasteiger partial charge in [0, 0.05) is 11.1 Å². The maximum Gasteiger partial charge on any atom is 0.363 e. The second kappa shape index (κ2) is 8.20. The Labute approximate surface area is 183 Å². The molecule has 0 unspecified atom stereocenters. The van der Waals surface area contributed by atoms with E-state index in [0.29, 0.717) is 17.3 Å². The molecular formula is C19H13ClN4O6S. The van der Waals surface area contributed by atoms with Gasteiger partial charge in [-0.1, -0.05) is 17.7 Å². The van der Waals surface area contributed by atoms with Gasteiger partial charge in [0.1, 0.15) is 23.7 Å². The lowest BCUT2D eigenvalue weighted by Gasteiger charge is -2.03. The Bertz CT molecular complexity index is 1280. The molecule has 0 amide bonds. The van der Waals surface area contributed by atoms with Crippen LogP contribution in [0.4, 0.5) is 5.69 Å². The second-order valence-electron chi connectivity index (χ2n) is 6.27. The first-order chi connectivity index (χ1) is 14.8. The minimum atomic E-state index is -0.930. The van der Waals surface area contributed by atoms with E-state index in [1.165, 1.54) is 29.5 Å². The molecule has 1 aromatic carbocycles. The van der Waals surface area contributed by atoms with Crippen molar-refractivity contribution >= 4 is 34.6 Å². The number of nitro groups is 1. The van der Waals surface area contributed by atoms with Crippen LogP contribution >= 0.6 is 22.9 Å². The summed E-state index contributed by atoms with van der Waals surface area (Å²) in [7, 11) is 0. The second-order valence-corrected chi connectivity index (χ2v) is 7.66. The Morgan fingerprint density at radius 1 is 1.42 bits per heavy atom. The highest BCUT2D eigenvalue weighted by Gasteiger charge is 2.23. The molecule has 0 aliphatic rings. The first-order valence-electron chi connectivity index (χ1n) is 8.73. The van der Waals surface area contributed by atoms with Crippen LogP contribution in [-0.2, 0) is 11.3 Å². The molecule has 0 saturated heterocycles. The number of nitrogens with zero attached hydrogens (tertiary/aromatic N) is 4. The maximum absolute atomic E-state index is 12.4. The van der Waals surface area contributed by atoms with E-state index < -0.39 is 22.3 Å². The quantitative estimate of drug-likeness (QED) is 0.252. The monoisotopic (exact) mass is 460 g/mol. The zero-order chi connectivity index (χ0) is 22.1. The van der Waals surface area contributed by atoms with Crippen molar-refractivity contribution in [1.82, 2.24) is 14.8 Å². The fraction of sp³-hybridized carbons (Fsp3) is 0.105.